The number of hydrogen-bond acceptors (Lipinski definition) is 4. The van der Waals surface area contributed by atoms with Gasteiger partial charge in [0, 0.05) is 22.9 Å². The maximum atomic E-state index is 6.44. The third kappa shape index (κ3) is 2.87. The topological polar surface area (TPSA) is 30.9 Å². The minimum Gasteiger partial charge on any atom is -0.493 e. The van der Waals surface area contributed by atoms with Gasteiger partial charge in [-0.3, -0.25) is 4.90 Å². The summed E-state index contributed by atoms with van der Waals surface area (Å²) in [6.07, 6.45) is 4.75. The SMILES string of the molecule is COc1cccc([C@@]23CCN(C)[C@@H](C2)O[C@@H]3CCCBr)c1OC. The summed E-state index contributed by atoms with van der Waals surface area (Å²) in [7, 11) is 5.59. The summed E-state index contributed by atoms with van der Waals surface area (Å²) in [6.45, 7) is 1.05. The van der Waals surface area contributed by atoms with E-state index in [9.17, 15) is 0 Å². The Morgan fingerprint density at radius 1 is 1.35 bits per heavy atom. The van der Waals surface area contributed by atoms with Crippen LogP contribution in [0.1, 0.15) is 31.2 Å². The van der Waals surface area contributed by atoms with Crippen LogP contribution in [0.3, 0.4) is 0 Å². The van der Waals surface area contributed by atoms with Gasteiger partial charge in [-0.2, -0.15) is 0 Å². The molecular weight excluding hydrogens is 358 g/mol. The van der Waals surface area contributed by atoms with E-state index >= 15 is 0 Å². The van der Waals surface area contributed by atoms with E-state index in [1.165, 1.54) is 5.56 Å². The first-order valence-electron chi connectivity index (χ1n) is 8.29. The van der Waals surface area contributed by atoms with E-state index in [2.05, 4.69) is 40.0 Å². The second kappa shape index (κ2) is 6.99. The molecule has 1 aromatic rings. The Labute approximate surface area is 147 Å². The second-order valence-corrected chi connectivity index (χ2v) is 7.34. The number of hydrogen-bond donors (Lipinski definition) is 0. The number of nitrogens with zero attached hydrogens (tertiary/aromatic N) is 1. The number of benzene rings is 1. The van der Waals surface area contributed by atoms with Gasteiger partial charge in [-0.25, -0.2) is 0 Å². The number of piperidine rings is 1. The number of methoxy groups -OCH3 is 2. The molecule has 2 fully saturated rings. The van der Waals surface area contributed by atoms with E-state index in [-0.39, 0.29) is 17.7 Å². The molecule has 0 N–H and O–H groups in total. The lowest BCUT2D eigenvalue weighted by Crippen LogP contribution is -2.43. The molecular formula is C18H26BrNO3. The predicted molar refractivity (Wildman–Crippen MR) is 94.8 cm³/mol. The van der Waals surface area contributed by atoms with Crippen molar-refractivity contribution in [3.05, 3.63) is 23.8 Å². The average molecular weight is 384 g/mol. The highest BCUT2D eigenvalue weighted by molar-refractivity contribution is 9.09. The molecule has 3 rings (SSSR count). The van der Waals surface area contributed by atoms with Crippen molar-refractivity contribution in [1.82, 2.24) is 4.90 Å². The molecule has 0 amide bonds. The van der Waals surface area contributed by atoms with Crippen LogP contribution in [-0.4, -0.2) is 50.4 Å². The van der Waals surface area contributed by atoms with E-state index in [0.29, 0.717) is 0 Å². The quantitative estimate of drug-likeness (QED) is 0.702. The molecule has 23 heavy (non-hydrogen) atoms. The van der Waals surface area contributed by atoms with Gasteiger partial charge in [0.15, 0.2) is 11.5 Å². The van der Waals surface area contributed by atoms with Crippen molar-refractivity contribution in [1.29, 1.82) is 0 Å². The van der Waals surface area contributed by atoms with E-state index < -0.39 is 0 Å². The molecule has 0 saturated carbocycles. The van der Waals surface area contributed by atoms with Crippen molar-refractivity contribution in [3.63, 3.8) is 0 Å². The number of para-hydroxylation sites is 1. The van der Waals surface area contributed by atoms with Crippen LogP contribution in [0, 0.1) is 0 Å². The van der Waals surface area contributed by atoms with Crippen molar-refractivity contribution in [3.8, 4) is 11.5 Å². The van der Waals surface area contributed by atoms with Crippen LogP contribution in [0.4, 0.5) is 0 Å². The molecule has 0 aromatic heterocycles. The zero-order chi connectivity index (χ0) is 16.4. The minimum atomic E-state index is 0.0270. The van der Waals surface area contributed by atoms with Crippen LogP contribution >= 0.6 is 15.9 Å². The van der Waals surface area contributed by atoms with Gasteiger partial charge in [-0.1, -0.05) is 28.1 Å². The first-order valence-corrected chi connectivity index (χ1v) is 9.41. The van der Waals surface area contributed by atoms with Crippen LogP contribution in [0.15, 0.2) is 18.2 Å². The summed E-state index contributed by atoms with van der Waals surface area (Å²) in [5, 5.41) is 1.01. The van der Waals surface area contributed by atoms with E-state index in [0.717, 1.165) is 49.1 Å². The average Bonchev–Trinajstić information content (AvgIpc) is 2.90. The van der Waals surface area contributed by atoms with Gasteiger partial charge in [-0.05, 0) is 38.8 Å². The molecule has 5 heteroatoms. The van der Waals surface area contributed by atoms with Gasteiger partial charge < -0.3 is 14.2 Å². The second-order valence-electron chi connectivity index (χ2n) is 6.54. The maximum absolute atomic E-state index is 6.44. The Morgan fingerprint density at radius 3 is 2.87 bits per heavy atom. The summed E-state index contributed by atoms with van der Waals surface area (Å²) in [5.74, 6) is 1.67. The molecule has 0 radical (unpaired) electrons. The summed E-state index contributed by atoms with van der Waals surface area (Å²) < 4.78 is 17.7. The molecule has 2 bridgehead atoms. The highest BCUT2D eigenvalue weighted by Crippen LogP contribution is 2.53. The molecule has 2 aliphatic rings. The number of alkyl halides is 1. The highest BCUT2D eigenvalue weighted by atomic mass is 79.9. The molecule has 2 aliphatic heterocycles. The maximum Gasteiger partial charge on any atom is 0.164 e. The van der Waals surface area contributed by atoms with Gasteiger partial charge in [0.05, 0.1) is 20.3 Å². The predicted octanol–water partition coefficient (Wildman–Crippen LogP) is 3.57. The van der Waals surface area contributed by atoms with Gasteiger partial charge in [0.1, 0.15) is 6.23 Å². The largest absolute Gasteiger partial charge is 0.493 e. The molecule has 0 spiro atoms. The van der Waals surface area contributed by atoms with Gasteiger partial charge in [-0.15, -0.1) is 0 Å². The normalized spacial score (nSPS) is 30.4. The summed E-state index contributed by atoms with van der Waals surface area (Å²) in [5.41, 5.74) is 1.27. The Morgan fingerprint density at radius 2 is 2.17 bits per heavy atom. The Hall–Kier alpha value is -0.780. The molecule has 2 heterocycles. The number of likely N-dealkylation sites (tertiary alicyclic amines) is 1. The lowest BCUT2D eigenvalue weighted by molar-refractivity contribution is -0.0376. The summed E-state index contributed by atoms with van der Waals surface area (Å²) in [6, 6.07) is 6.23. The number of fused-ring (bicyclic) bond motifs is 2. The van der Waals surface area contributed by atoms with Crippen LogP contribution in [0.25, 0.3) is 0 Å². The molecule has 0 aliphatic carbocycles. The van der Waals surface area contributed by atoms with Crippen LogP contribution < -0.4 is 9.47 Å². The number of rotatable bonds is 6. The fraction of sp³-hybridized carbons (Fsp3) is 0.667. The van der Waals surface area contributed by atoms with Crippen molar-refractivity contribution in [2.24, 2.45) is 0 Å². The van der Waals surface area contributed by atoms with Crippen molar-refractivity contribution < 1.29 is 14.2 Å². The van der Waals surface area contributed by atoms with Crippen molar-refractivity contribution in [2.45, 2.75) is 43.4 Å². The molecule has 2 saturated heterocycles. The fourth-order valence-corrected chi connectivity index (χ4v) is 4.48. The highest BCUT2D eigenvalue weighted by Gasteiger charge is 2.54. The number of ether oxygens (including phenoxy) is 3. The summed E-state index contributed by atoms with van der Waals surface area (Å²) in [4.78, 5) is 2.33. The molecule has 3 atom stereocenters. The third-order valence-electron chi connectivity index (χ3n) is 5.42. The Kier molecular flexibility index (Phi) is 5.19. The van der Waals surface area contributed by atoms with Crippen molar-refractivity contribution >= 4 is 15.9 Å². The fourth-order valence-electron chi connectivity index (χ4n) is 4.16. The minimum absolute atomic E-state index is 0.0270. The molecule has 4 nitrogen and oxygen atoms in total. The van der Waals surface area contributed by atoms with Gasteiger partial charge >= 0.3 is 0 Å². The lowest BCUT2D eigenvalue weighted by atomic mass is 9.69. The van der Waals surface area contributed by atoms with Crippen LogP contribution in [0.2, 0.25) is 0 Å². The molecule has 0 unspecified atom stereocenters. The first kappa shape index (κ1) is 17.1. The Bertz CT molecular complexity index is 553. The standard InChI is InChI=1S/C18H26BrNO3/c1-20-11-9-18(12-16(20)23-15(18)8-5-10-19)13-6-4-7-14(21-2)17(13)22-3/h4,6-7,15-16H,5,8-12H2,1-3H3/t15-,16-,18-/m1/s1. The van der Waals surface area contributed by atoms with Crippen molar-refractivity contribution in [2.75, 3.05) is 33.1 Å². The monoisotopic (exact) mass is 383 g/mol. The van der Waals surface area contributed by atoms with Crippen LogP contribution in [0.5, 0.6) is 11.5 Å². The third-order valence-corrected chi connectivity index (χ3v) is 5.98. The van der Waals surface area contributed by atoms with E-state index in [1.54, 1.807) is 14.2 Å². The molecule has 1 aromatic carbocycles. The summed E-state index contributed by atoms with van der Waals surface area (Å²) >= 11 is 3.56. The van der Waals surface area contributed by atoms with Gasteiger partial charge in [0.2, 0.25) is 0 Å². The number of halogens is 1. The first-order chi connectivity index (χ1) is 11.2. The van der Waals surface area contributed by atoms with E-state index in [4.69, 9.17) is 14.2 Å². The zero-order valence-corrected chi connectivity index (χ0v) is 15.8. The zero-order valence-electron chi connectivity index (χ0n) is 14.2. The van der Waals surface area contributed by atoms with Crippen LogP contribution in [-0.2, 0) is 10.2 Å². The lowest BCUT2D eigenvalue weighted by Gasteiger charge is -2.39. The Balaban J connectivity index is 2.04. The van der Waals surface area contributed by atoms with E-state index in [1.807, 2.05) is 6.07 Å². The van der Waals surface area contributed by atoms with Gasteiger partial charge in [0.25, 0.3) is 0 Å². The molecule has 128 valence electrons. The smallest absolute Gasteiger partial charge is 0.164 e.